The van der Waals surface area contributed by atoms with Crippen molar-refractivity contribution in [1.29, 1.82) is 5.41 Å². The second-order valence-electron chi connectivity index (χ2n) is 4.73. The van der Waals surface area contributed by atoms with E-state index in [0.717, 1.165) is 11.1 Å². The molecule has 0 aromatic heterocycles. The lowest BCUT2D eigenvalue weighted by molar-refractivity contribution is 0.296. The molecule has 0 aliphatic carbocycles. The smallest absolute Gasteiger partial charge is 0.129 e. The van der Waals surface area contributed by atoms with E-state index in [0.29, 0.717) is 16.9 Å². The molecule has 104 valence electrons. The highest BCUT2D eigenvalue weighted by Gasteiger charge is 2.09. The van der Waals surface area contributed by atoms with Crippen LogP contribution in [0, 0.1) is 25.1 Å². The first-order valence-corrected chi connectivity index (χ1v) is 6.31. The molecule has 0 spiro atoms. The standard InChI is InChI=1S/C16H17FN2O/c1-10-7-13(16(18)19)8-11(2)15(10)20-9-12-5-3-4-6-14(12)17/h3-8H,9H2,1-2H3,(H3,18,19). The Morgan fingerprint density at radius 2 is 1.80 bits per heavy atom. The van der Waals surface area contributed by atoms with Gasteiger partial charge in [0, 0.05) is 11.1 Å². The lowest BCUT2D eigenvalue weighted by Crippen LogP contribution is -2.12. The predicted molar refractivity (Wildman–Crippen MR) is 77.7 cm³/mol. The summed E-state index contributed by atoms with van der Waals surface area (Å²) in [6.45, 7) is 3.94. The van der Waals surface area contributed by atoms with Crippen LogP contribution in [0.2, 0.25) is 0 Å². The van der Waals surface area contributed by atoms with Gasteiger partial charge in [0.2, 0.25) is 0 Å². The molecule has 0 bridgehead atoms. The van der Waals surface area contributed by atoms with Crippen LogP contribution in [0.1, 0.15) is 22.3 Å². The van der Waals surface area contributed by atoms with Gasteiger partial charge in [-0.05, 0) is 43.2 Å². The Morgan fingerprint density at radius 3 is 2.35 bits per heavy atom. The summed E-state index contributed by atoms with van der Waals surface area (Å²) in [6.07, 6.45) is 0. The average Bonchev–Trinajstić information content (AvgIpc) is 2.39. The van der Waals surface area contributed by atoms with Crippen LogP contribution in [0.4, 0.5) is 4.39 Å². The zero-order valence-corrected chi connectivity index (χ0v) is 11.5. The third kappa shape index (κ3) is 2.96. The van der Waals surface area contributed by atoms with E-state index < -0.39 is 0 Å². The van der Waals surface area contributed by atoms with Crippen molar-refractivity contribution in [3.63, 3.8) is 0 Å². The quantitative estimate of drug-likeness (QED) is 0.662. The Hall–Kier alpha value is -2.36. The second-order valence-corrected chi connectivity index (χ2v) is 4.73. The number of halogens is 1. The van der Waals surface area contributed by atoms with Crippen LogP contribution in [-0.4, -0.2) is 5.84 Å². The van der Waals surface area contributed by atoms with E-state index in [1.54, 1.807) is 30.3 Å². The Balaban J connectivity index is 2.22. The van der Waals surface area contributed by atoms with Crippen LogP contribution in [0.5, 0.6) is 5.75 Å². The Morgan fingerprint density at radius 1 is 1.20 bits per heavy atom. The number of nitrogens with one attached hydrogen (secondary N) is 1. The van der Waals surface area contributed by atoms with Gasteiger partial charge >= 0.3 is 0 Å². The van der Waals surface area contributed by atoms with Crippen LogP contribution < -0.4 is 10.5 Å². The molecule has 20 heavy (non-hydrogen) atoms. The van der Waals surface area contributed by atoms with Gasteiger partial charge in [-0.3, -0.25) is 5.41 Å². The van der Waals surface area contributed by atoms with Gasteiger partial charge in [-0.25, -0.2) is 4.39 Å². The Bertz CT molecular complexity index is 630. The van der Waals surface area contributed by atoms with Crippen molar-refractivity contribution in [3.8, 4) is 5.75 Å². The number of rotatable bonds is 4. The topological polar surface area (TPSA) is 59.1 Å². The van der Waals surface area contributed by atoms with Gasteiger partial charge in [0.25, 0.3) is 0 Å². The number of nitrogens with two attached hydrogens (primary N) is 1. The lowest BCUT2D eigenvalue weighted by atomic mass is 10.1. The summed E-state index contributed by atoms with van der Waals surface area (Å²) in [7, 11) is 0. The molecule has 0 heterocycles. The molecule has 0 saturated carbocycles. The van der Waals surface area contributed by atoms with Crippen molar-refractivity contribution < 1.29 is 9.13 Å². The molecule has 3 nitrogen and oxygen atoms in total. The molecule has 0 unspecified atom stereocenters. The zero-order valence-electron chi connectivity index (χ0n) is 11.5. The highest BCUT2D eigenvalue weighted by atomic mass is 19.1. The van der Waals surface area contributed by atoms with E-state index in [9.17, 15) is 4.39 Å². The van der Waals surface area contributed by atoms with Crippen LogP contribution >= 0.6 is 0 Å². The largest absolute Gasteiger partial charge is 0.488 e. The third-order valence-corrected chi connectivity index (χ3v) is 3.10. The van der Waals surface area contributed by atoms with Gasteiger partial charge in [-0.1, -0.05) is 18.2 Å². The molecule has 2 aromatic rings. The maximum Gasteiger partial charge on any atom is 0.129 e. The fourth-order valence-corrected chi connectivity index (χ4v) is 2.10. The number of hydrogen-bond donors (Lipinski definition) is 2. The molecular weight excluding hydrogens is 255 g/mol. The molecule has 3 N–H and O–H groups in total. The molecule has 0 aliphatic rings. The molecule has 2 rings (SSSR count). The summed E-state index contributed by atoms with van der Waals surface area (Å²) in [4.78, 5) is 0. The SMILES string of the molecule is Cc1cc(C(=N)N)cc(C)c1OCc1ccccc1F. The summed E-state index contributed by atoms with van der Waals surface area (Å²) in [6, 6.07) is 10.1. The first kappa shape index (κ1) is 14.1. The zero-order chi connectivity index (χ0) is 14.7. The van der Waals surface area contributed by atoms with E-state index >= 15 is 0 Å². The molecule has 0 aliphatic heterocycles. The summed E-state index contributed by atoms with van der Waals surface area (Å²) >= 11 is 0. The molecule has 0 fully saturated rings. The maximum absolute atomic E-state index is 13.5. The van der Waals surface area contributed by atoms with Crippen LogP contribution in [0.25, 0.3) is 0 Å². The minimum atomic E-state index is -0.275. The fourth-order valence-electron chi connectivity index (χ4n) is 2.10. The minimum absolute atomic E-state index is 0.0249. The van der Waals surface area contributed by atoms with Gasteiger partial charge in [0.15, 0.2) is 0 Å². The highest BCUT2D eigenvalue weighted by molar-refractivity contribution is 5.95. The van der Waals surface area contributed by atoms with E-state index in [1.165, 1.54) is 6.07 Å². The van der Waals surface area contributed by atoms with Crippen LogP contribution in [0.3, 0.4) is 0 Å². The predicted octanol–water partition coefficient (Wildman–Crippen LogP) is 3.31. The molecule has 2 aromatic carbocycles. The van der Waals surface area contributed by atoms with E-state index in [4.69, 9.17) is 15.9 Å². The van der Waals surface area contributed by atoms with E-state index in [2.05, 4.69) is 0 Å². The van der Waals surface area contributed by atoms with Crippen LogP contribution in [0.15, 0.2) is 36.4 Å². The summed E-state index contributed by atoms with van der Waals surface area (Å²) in [5.41, 5.74) is 8.42. The minimum Gasteiger partial charge on any atom is -0.488 e. The normalized spacial score (nSPS) is 10.3. The van der Waals surface area contributed by atoms with Crippen molar-refractivity contribution in [3.05, 3.63) is 64.5 Å². The summed E-state index contributed by atoms with van der Waals surface area (Å²) in [5.74, 6) is 0.457. The van der Waals surface area contributed by atoms with Gasteiger partial charge < -0.3 is 10.5 Å². The van der Waals surface area contributed by atoms with Gasteiger partial charge in [0.1, 0.15) is 24.0 Å². The average molecular weight is 272 g/mol. The monoisotopic (exact) mass is 272 g/mol. The van der Waals surface area contributed by atoms with Gasteiger partial charge in [0.05, 0.1) is 0 Å². The molecular formula is C16H17FN2O. The van der Waals surface area contributed by atoms with Crippen molar-refractivity contribution in [2.45, 2.75) is 20.5 Å². The molecule has 0 radical (unpaired) electrons. The third-order valence-electron chi connectivity index (χ3n) is 3.10. The van der Waals surface area contributed by atoms with Gasteiger partial charge in [-0.15, -0.1) is 0 Å². The van der Waals surface area contributed by atoms with Gasteiger partial charge in [-0.2, -0.15) is 0 Å². The van der Waals surface area contributed by atoms with E-state index in [-0.39, 0.29) is 18.3 Å². The summed E-state index contributed by atoms with van der Waals surface area (Å²) < 4.78 is 19.3. The number of nitrogen functional groups attached to an aromatic ring is 1. The van der Waals surface area contributed by atoms with Crippen molar-refractivity contribution >= 4 is 5.84 Å². The maximum atomic E-state index is 13.5. The second kappa shape index (κ2) is 5.74. The van der Waals surface area contributed by atoms with Crippen LogP contribution in [-0.2, 0) is 6.61 Å². The number of hydrogen-bond acceptors (Lipinski definition) is 2. The first-order chi connectivity index (χ1) is 9.49. The fraction of sp³-hybridized carbons (Fsp3) is 0.188. The molecule has 0 saturated heterocycles. The molecule has 4 heteroatoms. The number of ether oxygens (including phenoxy) is 1. The summed E-state index contributed by atoms with van der Waals surface area (Å²) in [5, 5.41) is 7.45. The lowest BCUT2D eigenvalue weighted by Gasteiger charge is -2.14. The number of benzene rings is 2. The number of aryl methyl sites for hydroxylation is 2. The van der Waals surface area contributed by atoms with Crippen molar-refractivity contribution in [2.24, 2.45) is 5.73 Å². The number of amidine groups is 1. The molecule has 0 amide bonds. The first-order valence-electron chi connectivity index (χ1n) is 6.31. The van der Waals surface area contributed by atoms with Crippen molar-refractivity contribution in [2.75, 3.05) is 0 Å². The Kier molecular flexibility index (Phi) is 4.03. The molecule has 0 atom stereocenters. The van der Waals surface area contributed by atoms with Crippen molar-refractivity contribution in [1.82, 2.24) is 0 Å². The highest BCUT2D eigenvalue weighted by Crippen LogP contribution is 2.26. The Labute approximate surface area is 117 Å². The van der Waals surface area contributed by atoms with E-state index in [1.807, 2.05) is 13.8 Å².